The van der Waals surface area contributed by atoms with Gasteiger partial charge in [0, 0.05) is 5.56 Å². The quantitative estimate of drug-likeness (QED) is 0.309. The Hall–Kier alpha value is -0.270. The Balaban J connectivity index is 0.00000169. The van der Waals surface area contributed by atoms with Gasteiger partial charge in [-0.1, -0.05) is 0 Å². The fraction of sp³-hybridized carbons (Fsp3) is 0.143. The third-order valence-corrected chi connectivity index (χ3v) is 2.62. The molecule has 0 saturated carbocycles. The zero-order valence-corrected chi connectivity index (χ0v) is 10.5. The van der Waals surface area contributed by atoms with Crippen molar-refractivity contribution in [3.8, 4) is 11.5 Å². The van der Waals surface area contributed by atoms with Gasteiger partial charge in [-0.2, -0.15) is 0 Å². The molecular formula is C7H7NaO5S. The minimum Gasteiger partial charge on any atom is -0.744 e. The molecule has 0 bridgehead atoms. The van der Waals surface area contributed by atoms with Gasteiger partial charge in [0.05, 0.1) is 0 Å². The van der Waals surface area contributed by atoms with Crippen molar-refractivity contribution in [3.05, 3.63) is 17.7 Å². The van der Waals surface area contributed by atoms with E-state index >= 15 is 0 Å². The van der Waals surface area contributed by atoms with Crippen LogP contribution in [0.25, 0.3) is 0 Å². The molecule has 0 aromatic heterocycles. The Morgan fingerprint density at radius 2 is 1.64 bits per heavy atom. The number of hydrogen-bond donors (Lipinski definition) is 2. The maximum atomic E-state index is 10.6. The van der Waals surface area contributed by atoms with E-state index in [2.05, 4.69) is 0 Å². The summed E-state index contributed by atoms with van der Waals surface area (Å²) in [6, 6.07) is 2.06. The van der Waals surface area contributed by atoms with Gasteiger partial charge in [-0.25, -0.2) is 8.42 Å². The molecular weight excluding hydrogens is 219 g/mol. The van der Waals surface area contributed by atoms with Gasteiger partial charge < -0.3 is 14.8 Å². The van der Waals surface area contributed by atoms with Crippen LogP contribution in [-0.4, -0.2) is 23.2 Å². The summed E-state index contributed by atoms with van der Waals surface area (Å²) >= 11 is 0. The van der Waals surface area contributed by atoms with E-state index < -0.39 is 20.8 Å². The van der Waals surface area contributed by atoms with E-state index in [0.29, 0.717) is 0 Å². The van der Waals surface area contributed by atoms with Crippen molar-refractivity contribution in [1.82, 2.24) is 0 Å². The van der Waals surface area contributed by atoms with Gasteiger partial charge in [-0.15, -0.1) is 0 Å². The van der Waals surface area contributed by atoms with E-state index in [1.165, 1.54) is 6.92 Å². The van der Waals surface area contributed by atoms with Gasteiger partial charge in [0.1, 0.15) is 26.5 Å². The van der Waals surface area contributed by atoms with Crippen molar-refractivity contribution in [2.45, 2.75) is 11.8 Å². The van der Waals surface area contributed by atoms with Crippen LogP contribution >= 0.6 is 0 Å². The normalized spacial score (nSPS) is 10.7. The Labute approximate surface area is 103 Å². The smallest absolute Gasteiger partial charge is 0.744 e. The van der Waals surface area contributed by atoms with Gasteiger partial charge in [-0.3, -0.25) is 0 Å². The van der Waals surface area contributed by atoms with Crippen LogP contribution in [-0.2, 0) is 10.1 Å². The second-order valence-electron chi connectivity index (χ2n) is 2.51. The van der Waals surface area contributed by atoms with Crippen LogP contribution in [0.4, 0.5) is 0 Å². The fourth-order valence-corrected chi connectivity index (χ4v) is 1.79. The molecule has 1 aromatic carbocycles. The van der Waals surface area contributed by atoms with Crippen molar-refractivity contribution in [2.75, 3.05) is 0 Å². The van der Waals surface area contributed by atoms with E-state index in [0.717, 1.165) is 12.1 Å². The number of rotatable bonds is 1. The number of phenols is 2. The third kappa shape index (κ3) is 2.61. The van der Waals surface area contributed by atoms with Crippen molar-refractivity contribution in [3.63, 3.8) is 0 Å². The Kier molecular flexibility index (Phi) is 4.41. The summed E-state index contributed by atoms with van der Waals surface area (Å²) in [5.41, 5.74) is -0.144. The van der Waals surface area contributed by atoms with Crippen LogP contribution < -0.4 is 29.6 Å². The molecule has 0 unspecified atom stereocenters. The molecule has 2 N–H and O–H groups in total. The molecule has 0 fully saturated rings. The summed E-state index contributed by atoms with van der Waals surface area (Å²) in [6.45, 7) is 1.24. The first-order chi connectivity index (χ1) is 5.84. The van der Waals surface area contributed by atoms with Crippen LogP contribution in [0.2, 0.25) is 0 Å². The number of hydrogen-bond acceptors (Lipinski definition) is 5. The van der Waals surface area contributed by atoms with Crippen LogP contribution in [0.1, 0.15) is 5.56 Å². The van der Waals surface area contributed by atoms with Gasteiger partial charge >= 0.3 is 29.6 Å². The van der Waals surface area contributed by atoms with Crippen molar-refractivity contribution >= 4 is 10.1 Å². The molecule has 1 aromatic rings. The maximum Gasteiger partial charge on any atom is 1.00 e. The average Bonchev–Trinajstić information content (AvgIpc) is 1.95. The summed E-state index contributed by atoms with van der Waals surface area (Å²) in [4.78, 5) is -0.771. The second kappa shape index (κ2) is 4.50. The monoisotopic (exact) mass is 226 g/mol. The van der Waals surface area contributed by atoms with Gasteiger partial charge in [0.25, 0.3) is 0 Å². The van der Waals surface area contributed by atoms with E-state index in [-0.39, 0.29) is 40.9 Å². The van der Waals surface area contributed by atoms with E-state index in [4.69, 9.17) is 10.2 Å². The van der Waals surface area contributed by atoms with E-state index in [9.17, 15) is 13.0 Å². The fourth-order valence-electron chi connectivity index (χ4n) is 0.983. The number of aromatic hydroxyl groups is 2. The first kappa shape index (κ1) is 13.7. The Bertz CT molecular complexity index is 440. The molecule has 0 saturated heterocycles. The minimum absolute atomic E-state index is 0. The molecule has 0 aliphatic rings. The minimum atomic E-state index is -4.75. The van der Waals surface area contributed by atoms with Gasteiger partial charge in [0.2, 0.25) is 0 Å². The first-order valence-corrected chi connectivity index (χ1v) is 4.72. The predicted octanol–water partition coefficient (Wildman–Crippen LogP) is -2.69. The molecule has 0 atom stereocenters. The molecule has 1 rings (SSSR count). The van der Waals surface area contributed by atoms with Crippen LogP contribution in [0.3, 0.4) is 0 Å². The van der Waals surface area contributed by atoms with Gasteiger partial charge in [-0.05, 0) is 19.1 Å². The molecule has 0 aliphatic heterocycles. The van der Waals surface area contributed by atoms with Crippen LogP contribution in [0.15, 0.2) is 17.0 Å². The molecule has 0 aliphatic carbocycles. The van der Waals surface area contributed by atoms with E-state index in [1.807, 2.05) is 0 Å². The first-order valence-electron chi connectivity index (χ1n) is 3.31. The van der Waals surface area contributed by atoms with E-state index in [1.54, 1.807) is 0 Å². The summed E-state index contributed by atoms with van der Waals surface area (Å²) in [5, 5.41) is 18.1. The summed E-state index contributed by atoms with van der Waals surface area (Å²) in [7, 11) is -4.75. The van der Waals surface area contributed by atoms with Crippen LogP contribution in [0.5, 0.6) is 11.5 Å². The summed E-state index contributed by atoms with van der Waals surface area (Å²) < 4.78 is 31.8. The van der Waals surface area contributed by atoms with Crippen molar-refractivity contribution in [2.24, 2.45) is 0 Å². The zero-order chi connectivity index (χ0) is 10.2. The standard InChI is InChI=1S/C7H8O5S.Na/c1-4-5(8)2-3-6(9)7(4)13(10,11)12;/h2-3,8-9H,1H3,(H,10,11,12);/q;+1/p-1. The Morgan fingerprint density at radius 3 is 2.00 bits per heavy atom. The molecule has 72 valence electrons. The largest absolute Gasteiger partial charge is 1.00 e. The number of benzene rings is 1. The molecule has 14 heavy (non-hydrogen) atoms. The SMILES string of the molecule is Cc1c(O)ccc(O)c1S(=O)(=O)[O-].[Na+]. The zero-order valence-electron chi connectivity index (χ0n) is 7.68. The van der Waals surface area contributed by atoms with Crippen LogP contribution in [0, 0.1) is 6.92 Å². The average molecular weight is 226 g/mol. The molecule has 0 amide bonds. The number of phenolic OH excluding ortho intramolecular Hbond substituents is 2. The Morgan fingerprint density at radius 1 is 1.21 bits per heavy atom. The molecule has 7 heteroatoms. The third-order valence-electron chi connectivity index (χ3n) is 1.61. The van der Waals surface area contributed by atoms with Crippen molar-refractivity contribution < 1.29 is 52.7 Å². The second-order valence-corrected chi connectivity index (χ2v) is 3.83. The molecule has 0 heterocycles. The molecule has 0 spiro atoms. The summed E-state index contributed by atoms with van der Waals surface area (Å²) in [6.07, 6.45) is 0. The predicted molar refractivity (Wildman–Crippen MR) is 42.5 cm³/mol. The van der Waals surface area contributed by atoms with Crippen molar-refractivity contribution in [1.29, 1.82) is 0 Å². The van der Waals surface area contributed by atoms with Gasteiger partial charge in [0.15, 0.2) is 0 Å². The summed E-state index contributed by atoms with van der Waals surface area (Å²) in [5.74, 6) is -0.988. The topological polar surface area (TPSA) is 97.7 Å². The molecule has 0 radical (unpaired) electrons. The molecule has 5 nitrogen and oxygen atoms in total. The maximum absolute atomic E-state index is 10.6.